The first kappa shape index (κ1) is 18.4. The smallest absolute Gasteiger partial charge is 0.182 e. The van der Waals surface area contributed by atoms with Crippen LogP contribution >= 0.6 is 0 Å². The molecule has 0 aliphatic carbocycles. The summed E-state index contributed by atoms with van der Waals surface area (Å²) in [6.07, 6.45) is 4.95. The first-order valence-electron chi connectivity index (χ1n) is 9.66. The predicted octanol–water partition coefficient (Wildman–Crippen LogP) is 3.01. The number of aromatic amines is 1. The molecule has 1 fully saturated rings. The topological polar surface area (TPSA) is 74.7 Å². The molecule has 5 rings (SSSR count). The molecule has 1 aliphatic heterocycles. The number of halogens is 2. The molecule has 3 aromatic heterocycles. The molecule has 0 saturated carbocycles. The number of pyridine rings is 1. The molecule has 0 atom stereocenters. The molecule has 7 nitrogen and oxygen atoms in total. The molecule has 9 heteroatoms. The third-order valence-corrected chi connectivity index (χ3v) is 5.18. The monoisotopic (exact) mass is 407 g/mol. The Bertz CT molecular complexity index is 1160. The fraction of sp³-hybridized carbons (Fsp3) is 0.190. The van der Waals surface area contributed by atoms with Crippen LogP contribution < -0.4 is 10.2 Å². The highest BCUT2D eigenvalue weighted by atomic mass is 19.2. The van der Waals surface area contributed by atoms with Crippen molar-refractivity contribution in [1.29, 1.82) is 0 Å². The van der Waals surface area contributed by atoms with Crippen molar-refractivity contribution in [3.63, 3.8) is 0 Å². The molecule has 2 N–H and O–H groups in total. The maximum Gasteiger partial charge on any atom is 0.182 e. The van der Waals surface area contributed by atoms with Gasteiger partial charge in [-0.3, -0.25) is 4.57 Å². The Hall–Kier alpha value is -3.59. The molecular formula is C21H19F2N7. The highest BCUT2D eigenvalue weighted by Gasteiger charge is 2.17. The summed E-state index contributed by atoms with van der Waals surface area (Å²) in [4.78, 5) is 10.0. The number of nitrogens with zero attached hydrogens (tertiary/aromatic N) is 5. The molecular weight excluding hydrogens is 388 g/mol. The van der Waals surface area contributed by atoms with Gasteiger partial charge in [-0.1, -0.05) is 6.07 Å². The molecule has 4 heterocycles. The van der Waals surface area contributed by atoms with Gasteiger partial charge in [0.05, 0.1) is 5.69 Å². The lowest BCUT2D eigenvalue weighted by molar-refractivity contribution is 0.504. The second-order valence-electron chi connectivity index (χ2n) is 7.04. The first-order chi connectivity index (χ1) is 14.7. The molecule has 30 heavy (non-hydrogen) atoms. The van der Waals surface area contributed by atoms with E-state index in [1.807, 2.05) is 24.4 Å². The van der Waals surface area contributed by atoms with E-state index in [9.17, 15) is 8.78 Å². The Morgan fingerprint density at radius 3 is 2.67 bits per heavy atom. The highest BCUT2D eigenvalue weighted by Crippen LogP contribution is 2.28. The summed E-state index contributed by atoms with van der Waals surface area (Å²) < 4.78 is 29.3. The second-order valence-corrected chi connectivity index (χ2v) is 7.04. The molecule has 0 spiro atoms. The third-order valence-electron chi connectivity index (χ3n) is 5.18. The van der Waals surface area contributed by atoms with Crippen LogP contribution in [0, 0.1) is 11.6 Å². The Balaban J connectivity index is 1.43. The predicted molar refractivity (Wildman–Crippen MR) is 109 cm³/mol. The van der Waals surface area contributed by atoms with E-state index >= 15 is 0 Å². The van der Waals surface area contributed by atoms with Gasteiger partial charge in [0.2, 0.25) is 0 Å². The zero-order valence-electron chi connectivity index (χ0n) is 16.0. The van der Waals surface area contributed by atoms with Gasteiger partial charge in [0.1, 0.15) is 12.1 Å². The summed E-state index contributed by atoms with van der Waals surface area (Å²) in [5, 5.41) is 11.3. The average molecular weight is 407 g/mol. The lowest BCUT2D eigenvalue weighted by atomic mass is 10.2. The van der Waals surface area contributed by atoms with Gasteiger partial charge in [-0.2, -0.15) is 0 Å². The maximum absolute atomic E-state index is 14.2. The lowest BCUT2D eigenvalue weighted by Crippen LogP contribution is -2.43. The highest BCUT2D eigenvalue weighted by molar-refractivity contribution is 5.69. The molecule has 4 aromatic rings. The van der Waals surface area contributed by atoms with Gasteiger partial charge in [0.25, 0.3) is 0 Å². The molecule has 1 saturated heterocycles. The van der Waals surface area contributed by atoms with Crippen molar-refractivity contribution >= 4 is 5.82 Å². The number of rotatable bonds is 4. The number of anilines is 1. The Morgan fingerprint density at radius 2 is 1.87 bits per heavy atom. The molecule has 0 amide bonds. The zero-order chi connectivity index (χ0) is 20.5. The van der Waals surface area contributed by atoms with Gasteiger partial charge < -0.3 is 15.2 Å². The van der Waals surface area contributed by atoms with Gasteiger partial charge in [-0.15, -0.1) is 10.2 Å². The number of aromatic nitrogens is 5. The number of H-pyrrole nitrogens is 1. The van der Waals surface area contributed by atoms with Crippen LogP contribution in [0.3, 0.4) is 0 Å². The van der Waals surface area contributed by atoms with Crippen molar-refractivity contribution in [3.8, 4) is 28.3 Å². The van der Waals surface area contributed by atoms with Crippen molar-refractivity contribution in [2.45, 2.75) is 0 Å². The van der Waals surface area contributed by atoms with Crippen LogP contribution in [-0.2, 0) is 0 Å². The van der Waals surface area contributed by atoms with E-state index in [2.05, 4.69) is 30.4 Å². The van der Waals surface area contributed by atoms with Gasteiger partial charge in [0.15, 0.2) is 17.5 Å². The standard InChI is InChI=1S/C21H19F2N7/c22-16-2-1-3-18(20(16)23)30-13-27-28-21(30)15-10-17(25-12-15)14-4-5-19(26-11-14)29-8-6-24-7-9-29/h1-5,10-13,24-25H,6-9H2. The lowest BCUT2D eigenvalue weighted by Gasteiger charge is -2.28. The minimum Gasteiger partial charge on any atom is -0.360 e. The maximum atomic E-state index is 14.2. The van der Waals surface area contributed by atoms with Gasteiger partial charge >= 0.3 is 0 Å². The molecule has 0 bridgehead atoms. The van der Waals surface area contributed by atoms with Crippen molar-refractivity contribution in [3.05, 3.63) is 66.8 Å². The van der Waals surface area contributed by atoms with Crippen LogP contribution in [0.5, 0.6) is 0 Å². The van der Waals surface area contributed by atoms with Crippen molar-refractivity contribution in [2.75, 3.05) is 31.1 Å². The summed E-state index contributed by atoms with van der Waals surface area (Å²) in [7, 11) is 0. The Morgan fingerprint density at radius 1 is 1.00 bits per heavy atom. The first-order valence-corrected chi connectivity index (χ1v) is 9.66. The Labute approximate surface area is 171 Å². The van der Waals surface area contributed by atoms with E-state index < -0.39 is 11.6 Å². The van der Waals surface area contributed by atoms with Crippen molar-refractivity contribution in [1.82, 2.24) is 30.0 Å². The van der Waals surface area contributed by atoms with Crippen LogP contribution in [0.25, 0.3) is 28.3 Å². The minimum absolute atomic E-state index is 0.0554. The van der Waals surface area contributed by atoms with Crippen LogP contribution in [0.4, 0.5) is 14.6 Å². The number of hydrogen-bond acceptors (Lipinski definition) is 5. The Kier molecular flexibility index (Phi) is 4.72. The van der Waals surface area contributed by atoms with E-state index in [0.29, 0.717) is 11.4 Å². The van der Waals surface area contributed by atoms with Crippen LogP contribution in [0.15, 0.2) is 55.1 Å². The average Bonchev–Trinajstić information content (AvgIpc) is 3.46. The van der Waals surface area contributed by atoms with Crippen LogP contribution in [-0.4, -0.2) is 50.9 Å². The fourth-order valence-corrected chi connectivity index (χ4v) is 3.60. The number of hydrogen-bond donors (Lipinski definition) is 2. The zero-order valence-corrected chi connectivity index (χ0v) is 16.0. The normalized spacial score (nSPS) is 14.3. The number of nitrogens with one attached hydrogen (secondary N) is 2. The van der Waals surface area contributed by atoms with E-state index in [-0.39, 0.29) is 5.69 Å². The molecule has 1 aliphatic rings. The summed E-state index contributed by atoms with van der Waals surface area (Å²) >= 11 is 0. The molecule has 1 aromatic carbocycles. The number of benzene rings is 1. The second kappa shape index (κ2) is 7.68. The molecule has 0 unspecified atom stereocenters. The van der Waals surface area contributed by atoms with Gasteiger partial charge in [-0.25, -0.2) is 13.8 Å². The fourth-order valence-electron chi connectivity index (χ4n) is 3.60. The third kappa shape index (κ3) is 3.33. The molecule has 152 valence electrons. The quantitative estimate of drug-likeness (QED) is 0.544. The van der Waals surface area contributed by atoms with Gasteiger partial charge in [0, 0.05) is 55.4 Å². The summed E-state index contributed by atoms with van der Waals surface area (Å²) in [6, 6.07) is 9.92. The summed E-state index contributed by atoms with van der Waals surface area (Å²) in [5.41, 5.74) is 2.53. The van der Waals surface area contributed by atoms with Crippen LogP contribution in [0.1, 0.15) is 0 Å². The number of piperazine rings is 1. The SMILES string of the molecule is Fc1cccc(-n2cnnc2-c2c[nH]c(-c3ccc(N4CCNCC4)nc3)c2)c1F. The van der Waals surface area contributed by atoms with Crippen LogP contribution in [0.2, 0.25) is 0 Å². The molecule has 0 radical (unpaired) electrons. The van der Waals surface area contributed by atoms with Crippen molar-refractivity contribution < 1.29 is 8.78 Å². The largest absolute Gasteiger partial charge is 0.360 e. The summed E-state index contributed by atoms with van der Waals surface area (Å²) in [6.45, 7) is 3.78. The summed E-state index contributed by atoms with van der Waals surface area (Å²) in [5.74, 6) is -0.500. The van der Waals surface area contributed by atoms with E-state index in [1.165, 1.54) is 23.0 Å². The van der Waals surface area contributed by atoms with E-state index in [4.69, 9.17) is 0 Å². The van der Waals surface area contributed by atoms with Gasteiger partial charge in [-0.05, 0) is 30.3 Å². The van der Waals surface area contributed by atoms with Crippen molar-refractivity contribution in [2.24, 2.45) is 0 Å². The minimum atomic E-state index is -0.943. The van der Waals surface area contributed by atoms with E-state index in [1.54, 1.807) is 6.20 Å². The van der Waals surface area contributed by atoms with E-state index in [0.717, 1.165) is 49.3 Å².